The van der Waals surface area contributed by atoms with E-state index in [2.05, 4.69) is 36.0 Å². The molecule has 2 fully saturated rings. The smallest absolute Gasteiger partial charge is 0.0223 e. The van der Waals surface area contributed by atoms with Gasteiger partial charge in [0.15, 0.2) is 0 Å². The number of nitrogens with zero attached hydrogens (tertiary/aromatic N) is 2. The Labute approximate surface area is 106 Å². The highest BCUT2D eigenvalue weighted by atomic mass is 15.2. The van der Waals surface area contributed by atoms with Crippen LogP contribution in [-0.4, -0.2) is 62.2 Å². The highest BCUT2D eigenvalue weighted by molar-refractivity contribution is 5.22. The van der Waals surface area contributed by atoms with Gasteiger partial charge in [-0.1, -0.05) is 12.5 Å². The zero-order valence-corrected chi connectivity index (χ0v) is 11.6. The molecule has 1 unspecified atom stereocenters. The fourth-order valence-electron chi connectivity index (χ4n) is 3.01. The summed E-state index contributed by atoms with van der Waals surface area (Å²) in [5.74, 6) is 0. The Hall–Kier alpha value is -0.380. The second-order valence-electron chi connectivity index (χ2n) is 5.61. The average Bonchev–Trinajstić information content (AvgIpc) is 2.61. The van der Waals surface area contributed by atoms with Gasteiger partial charge in [0.2, 0.25) is 0 Å². The van der Waals surface area contributed by atoms with Crippen LogP contribution in [0, 0.1) is 0 Å². The lowest BCUT2D eigenvalue weighted by atomic mass is 10.0. The molecule has 2 saturated heterocycles. The third-order valence-electron chi connectivity index (χ3n) is 4.22. The van der Waals surface area contributed by atoms with Gasteiger partial charge in [-0.05, 0) is 45.5 Å². The van der Waals surface area contributed by atoms with Gasteiger partial charge in [0, 0.05) is 32.2 Å². The van der Waals surface area contributed by atoms with E-state index in [0.717, 1.165) is 25.7 Å². The molecule has 0 aromatic rings. The molecule has 0 bridgehead atoms. The van der Waals surface area contributed by atoms with E-state index < -0.39 is 0 Å². The van der Waals surface area contributed by atoms with Crippen LogP contribution in [0.4, 0.5) is 0 Å². The summed E-state index contributed by atoms with van der Waals surface area (Å²) in [6, 6.07) is 0.794. The molecule has 1 N–H and O–H groups in total. The van der Waals surface area contributed by atoms with Gasteiger partial charge in [0.1, 0.15) is 0 Å². The van der Waals surface area contributed by atoms with Gasteiger partial charge in [-0.2, -0.15) is 0 Å². The Kier molecular flexibility index (Phi) is 4.60. The first kappa shape index (κ1) is 13.1. The molecule has 0 amide bonds. The summed E-state index contributed by atoms with van der Waals surface area (Å²) in [6.45, 7) is 11.7. The molecule has 17 heavy (non-hydrogen) atoms. The number of hydrogen-bond acceptors (Lipinski definition) is 3. The molecule has 0 aromatic carbocycles. The molecule has 0 aliphatic carbocycles. The summed E-state index contributed by atoms with van der Waals surface area (Å²) < 4.78 is 0. The van der Waals surface area contributed by atoms with Gasteiger partial charge < -0.3 is 10.2 Å². The van der Waals surface area contributed by atoms with Crippen molar-refractivity contribution in [3.05, 3.63) is 11.1 Å². The fraction of sp³-hybridized carbons (Fsp3) is 0.857. The normalized spacial score (nSPS) is 25.4. The molecule has 0 saturated carbocycles. The monoisotopic (exact) mass is 237 g/mol. The zero-order chi connectivity index (χ0) is 12.3. The maximum atomic E-state index is 3.32. The number of likely N-dealkylation sites (N-methyl/N-ethyl adjacent to an activating group) is 2. The van der Waals surface area contributed by atoms with Gasteiger partial charge in [-0.25, -0.2) is 0 Å². The molecule has 1 atom stereocenters. The second kappa shape index (κ2) is 5.98. The minimum Gasteiger partial charge on any atom is -0.309 e. The lowest BCUT2D eigenvalue weighted by Crippen LogP contribution is -2.40. The van der Waals surface area contributed by atoms with E-state index in [9.17, 15) is 0 Å². The van der Waals surface area contributed by atoms with Crippen LogP contribution in [-0.2, 0) is 0 Å². The Morgan fingerprint density at radius 3 is 2.82 bits per heavy atom. The maximum absolute atomic E-state index is 3.32. The van der Waals surface area contributed by atoms with Gasteiger partial charge in [0.25, 0.3) is 0 Å². The summed E-state index contributed by atoms with van der Waals surface area (Å²) in [4.78, 5) is 5.13. The fourth-order valence-corrected chi connectivity index (χ4v) is 3.01. The Morgan fingerprint density at radius 1 is 1.47 bits per heavy atom. The third-order valence-corrected chi connectivity index (χ3v) is 4.22. The van der Waals surface area contributed by atoms with Crippen LogP contribution >= 0.6 is 0 Å². The standard InChI is InChI=1S/C14H27N3/c1-4-17-7-5-6-14(17)11-16(3)10-12(2)13-8-15-9-13/h14-15H,4-11H2,1-3H3. The van der Waals surface area contributed by atoms with E-state index >= 15 is 0 Å². The maximum Gasteiger partial charge on any atom is 0.0223 e. The predicted octanol–water partition coefficient (Wildman–Crippen LogP) is 1.32. The molecule has 0 aromatic heterocycles. The van der Waals surface area contributed by atoms with Crippen LogP contribution in [0.3, 0.4) is 0 Å². The van der Waals surface area contributed by atoms with E-state index in [1.165, 1.54) is 32.5 Å². The first-order valence-electron chi connectivity index (χ1n) is 7.01. The largest absolute Gasteiger partial charge is 0.309 e. The topological polar surface area (TPSA) is 18.5 Å². The molecule has 3 heteroatoms. The third kappa shape index (κ3) is 3.30. The van der Waals surface area contributed by atoms with Crippen molar-refractivity contribution in [1.82, 2.24) is 15.1 Å². The second-order valence-corrected chi connectivity index (χ2v) is 5.61. The molecular weight excluding hydrogens is 210 g/mol. The van der Waals surface area contributed by atoms with Crippen LogP contribution in [0.15, 0.2) is 11.1 Å². The Balaban J connectivity index is 1.78. The zero-order valence-electron chi connectivity index (χ0n) is 11.6. The molecule has 2 aliphatic heterocycles. The minimum atomic E-state index is 0.794. The van der Waals surface area contributed by atoms with E-state index in [1.54, 1.807) is 11.1 Å². The summed E-state index contributed by atoms with van der Waals surface area (Å²) in [6.07, 6.45) is 2.77. The number of nitrogens with one attached hydrogen (secondary N) is 1. The summed E-state index contributed by atoms with van der Waals surface area (Å²) in [5.41, 5.74) is 3.20. The molecule has 3 nitrogen and oxygen atoms in total. The van der Waals surface area contributed by atoms with Crippen molar-refractivity contribution in [2.45, 2.75) is 32.7 Å². The van der Waals surface area contributed by atoms with Gasteiger partial charge in [0.05, 0.1) is 0 Å². The molecule has 98 valence electrons. The van der Waals surface area contributed by atoms with Crippen LogP contribution in [0.2, 0.25) is 0 Å². The van der Waals surface area contributed by atoms with Crippen molar-refractivity contribution >= 4 is 0 Å². The minimum absolute atomic E-state index is 0.794. The van der Waals surface area contributed by atoms with Crippen molar-refractivity contribution in [1.29, 1.82) is 0 Å². The summed E-state index contributed by atoms with van der Waals surface area (Å²) >= 11 is 0. The molecule has 2 heterocycles. The molecule has 2 aliphatic rings. The van der Waals surface area contributed by atoms with Crippen LogP contribution in [0.1, 0.15) is 26.7 Å². The first-order valence-corrected chi connectivity index (χ1v) is 7.01. The molecule has 0 radical (unpaired) electrons. The van der Waals surface area contributed by atoms with E-state index in [-0.39, 0.29) is 0 Å². The van der Waals surface area contributed by atoms with E-state index in [0.29, 0.717) is 0 Å². The van der Waals surface area contributed by atoms with Crippen LogP contribution in [0.5, 0.6) is 0 Å². The van der Waals surface area contributed by atoms with Gasteiger partial charge in [-0.3, -0.25) is 4.90 Å². The van der Waals surface area contributed by atoms with Crippen molar-refractivity contribution in [3.63, 3.8) is 0 Å². The lowest BCUT2D eigenvalue weighted by Gasteiger charge is -2.29. The van der Waals surface area contributed by atoms with Crippen LogP contribution in [0.25, 0.3) is 0 Å². The van der Waals surface area contributed by atoms with Crippen molar-refractivity contribution in [3.8, 4) is 0 Å². The highest BCUT2D eigenvalue weighted by Crippen LogP contribution is 2.18. The average molecular weight is 237 g/mol. The number of rotatable bonds is 5. The van der Waals surface area contributed by atoms with Crippen LogP contribution < -0.4 is 5.32 Å². The summed E-state index contributed by atoms with van der Waals surface area (Å²) in [5, 5.41) is 3.32. The predicted molar refractivity (Wildman–Crippen MR) is 73.3 cm³/mol. The highest BCUT2D eigenvalue weighted by Gasteiger charge is 2.24. The van der Waals surface area contributed by atoms with Crippen molar-refractivity contribution < 1.29 is 0 Å². The molecular formula is C14H27N3. The molecule has 2 rings (SSSR count). The quantitative estimate of drug-likeness (QED) is 0.728. The first-order chi connectivity index (χ1) is 8.20. The van der Waals surface area contributed by atoms with Gasteiger partial charge >= 0.3 is 0 Å². The molecule has 0 spiro atoms. The number of likely N-dealkylation sites (tertiary alicyclic amines) is 1. The van der Waals surface area contributed by atoms with Crippen molar-refractivity contribution in [2.24, 2.45) is 0 Å². The Bertz CT molecular complexity index is 279. The summed E-state index contributed by atoms with van der Waals surface area (Å²) in [7, 11) is 2.27. The number of hydrogen-bond donors (Lipinski definition) is 1. The SMILES string of the molecule is CCN1CCCC1CN(C)CC(C)=C1CNC1. The van der Waals surface area contributed by atoms with E-state index in [1.807, 2.05) is 0 Å². The van der Waals surface area contributed by atoms with E-state index in [4.69, 9.17) is 0 Å². The lowest BCUT2D eigenvalue weighted by molar-refractivity contribution is 0.205. The van der Waals surface area contributed by atoms with Gasteiger partial charge in [-0.15, -0.1) is 0 Å². The van der Waals surface area contributed by atoms with Crippen molar-refractivity contribution in [2.75, 3.05) is 46.3 Å². The Morgan fingerprint density at radius 2 is 2.24 bits per heavy atom.